The van der Waals surface area contributed by atoms with Gasteiger partial charge in [-0.2, -0.15) is 0 Å². The van der Waals surface area contributed by atoms with Crippen molar-refractivity contribution in [1.29, 1.82) is 0 Å². The van der Waals surface area contributed by atoms with Crippen LogP contribution >= 0.6 is 0 Å². The molecule has 2 aliphatic rings. The van der Waals surface area contributed by atoms with Gasteiger partial charge < -0.3 is 10.0 Å². The van der Waals surface area contributed by atoms with E-state index in [0.29, 0.717) is 13.1 Å². The number of hydrogen-bond donors (Lipinski definition) is 1. The van der Waals surface area contributed by atoms with Gasteiger partial charge in [0.15, 0.2) is 0 Å². The smallest absolute Gasteiger partial charge is 0.239 e. The highest BCUT2D eigenvalue weighted by Crippen LogP contribution is 2.23. The average molecular weight is 288 g/mol. The van der Waals surface area contributed by atoms with Crippen molar-refractivity contribution in [3.05, 3.63) is 35.9 Å². The van der Waals surface area contributed by atoms with Crippen molar-refractivity contribution in [2.24, 2.45) is 0 Å². The van der Waals surface area contributed by atoms with Crippen LogP contribution in [0.5, 0.6) is 0 Å². The number of likely N-dealkylation sites (tertiary alicyclic amines) is 2. The van der Waals surface area contributed by atoms with Gasteiger partial charge in [-0.05, 0) is 37.8 Å². The second-order valence-corrected chi connectivity index (χ2v) is 6.17. The molecule has 114 valence electrons. The molecule has 0 radical (unpaired) electrons. The molecule has 1 N–H and O–H groups in total. The Bertz CT molecular complexity index is 469. The first-order valence-electron chi connectivity index (χ1n) is 7.99. The van der Waals surface area contributed by atoms with E-state index < -0.39 is 0 Å². The minimum Gasteiger partial charge on any atom is -0.393 e. The summed E-state index contributed by atoms with van der Waals surface area (Å²) in [6.07, 6.45) is 3.27. The lowest BCUT2D eigenvalue weighted by Gasteiger charge is -2.34. The molecule has 21 heavy (non-hydrogen) atoms. The molecule has 0 aliphatic carbocycles. The van der Waals surface area contributed by atoms with Crippen LogP contribution < -0.4 is 0 Å². The zero-order valence-electron chi connectivity index (χ0n) is 12.4. The molecule has 1 aromatic carbocycles. The Labute approximate surface area is 126 Å². The summed E-state index contributed by atoms with van der Waals surface area (Å²) in [6, 6.07) is 10.4. The van der Waals surface area contributed by atoms with Gasteiger partial charge in [0.2, 0.25) is 5.91 Å². The highest BCUT2D eigenvalue weighted by atomic mass is 16.3. The van der Waals surface area contributed by atoms with Crippen molar-refractivity contribution in [3.8, 4) is 0 Å². The van der Waals surface area contributed by atoms with E-state index in [9.17, 15) is 9.90 Å². The molecule has 2 saturated heterocycles. The Hall–Kier alpha value is -1.39. The van der Waals surface area contributed by atoms with Crippen molar-refractivity contribution in [2.75, 3.05) is 19.6 Å². The number of nitrogens with zero attached hydrogens (tertiary/aromatic N) is 2. The molecule has 0 spiro atoms. The maximum absolute atomic E-state index is 12.7. The standard InChI is InChI=1S/C17H24N2O2/c20-15-8-11-18(12-9-15)17(21)16-7-4-10-19(16)13-14-5-2-1-3-6-14/h1-3,5-6,15-16,20H,4,7-13H2. The summed E-state index contributed by atoms with van der Waals surface area (Å²) < 4.78 is 0. The molecular weight excluding hydrogens is 264 g/mol. The quantitative estimate of drug-likeness (QED) is 0.919. The first-order chi connectivity index (χ1) is 10.2. The third-order valence-corrected chi connectivity index (χ3v) is 4.65. The number of amides is 1. The maximum atomic E-state index is 12.7. The van der Waals surface area contributed by atoms with Crippen molar-refractivity contribution >= 4 is 5.91 Å². The number of hydrogen-bond acceptors (Lipinski definition) is 3. The Balaban J connectivity index is 1.62. The molecule has 2 heterocycles. The minimum atomic E-state index is -0.224. The zero-order chi connectivity index (χ0) is 14.7. The van der Waals surface area contributed by atoms with Crippen molar-refractivity contribution in [3.63, 3.8) is 0 Å². The summed E-state index contributed by atoms with van der Waals surface area (Å²) in [5, 5.41) is 9.57. The fraction of sp³-hybridized carbons (Fsp3) is 0.588. The molecule has 0 aromatic heterocycles. The van der Waals surface area contributed by atoms with E-state index >= 15 is 0 Å². The third-order valence-electron chi connectivity index (χ3n) is 4.65. The number of aliphatic hydroxyl groups excluding tert-OH is 1. The van der Waals surface area contributed by atoms with Crippen LogP contribution in [0.2, 0.25) is 0 Å². The van der Waals surface area contributed by atoms with Gasteiger partial charge in [-0.25, -0.2) is 0 Å². The topological polar surface area (TPSA) is 43.8 Å². The lowest BCUT2D eigenvalue weighted by atomic mass is 10.1. The molecule has 1 unspecified atom stereocenters. The molecule has 1 atom stereocenters. The van der Waals surface area contributed by atoms with Gasteiger partial charge in [0.1, 0.15) is 0 Å². The summed E-state index contributed by atoms with van der Waals surface area (Å²) in [5.74, 6) is 0.260. The highest BCUT2D eigenvalue weighted by Gasteiger charge is 2.34. The molecule has 2 aliphatic heterocycles. The summed E-state index contributed by atoms with van der Waals surface area (Å²) >= 11 is 0. The molecule has 1 amide bonds. The van der Waals surface area contributed by atoms with Crippen molar-refractivity contribution in [1.82, 2.24) is 9.80 Å². The van der Waals surface area contributed by atoms with E-state index in [1.54, 1.807) is 0 Å². The Morgan fingerprint density at radius 3 is 2.52 bits per heavy atom. The first-order valence-corrected chi connectivity index (χ1v) is 7.99. The molecule has 4 heteroatoms. The van der Waals surface area contributed by atoms with Crippen LogP contribution in [0.3, 0.4) is 0 Å². The van der Waals surface area contributed by atoms with Crippen LogP contribution in [0, 0.1) is 0 Å². The largest absolute Gasteiger partial charge is 0.393 e. The van der Waals surface area contributed by atoms with E-state index in [1.165, 1.54) is 5.56 Å². The maximum Gasteiger partial charge on any atom is 0.239 e. The van der Waals surface area contributed by atoms with Crippen LogP contribution in [-0.4, -0.2) is 52.6 Å². The molecule has 2 fully saturated rings. The molecule has 3 rings (SSSR count). The summed E-state index contributed by atoms with van der Waals surface area (Å²) in [7, 11) is 0. The van der Waals surface area contributed by atoms with Crippen molar-refractivity contribution < 1.29 is 9.90 Å². The second kappa shape index (κ2) is 6.58. The van der Waals surface area contributed by atoms with Crippen LogP contribution in [0.15, 0.2) is 30.3 Å². The van der Waals surface area contributed by atoms with Gasteiger partial charge in [-0.15, -0.1) is 0 Å². The van der Waals surface area contributed by atoms with Crippen LogP contribution in [0.4, 0.5) is 0 Å². The van der Waals surface area contributed by atoms with E-state index in [1.807, 2.05) is 23.1 Å². The average Bonchev–Trinajstić information content (AvgIpc) is 2.96. The number of rotatable bonds is 3. The molecule has 1 aromatic rings. The highest BCUT2D eigenvalue weighted by molar-refractivity contribution is 5.82. The summed E-state index contributed by atoms with van der Waals surface area (Å²) in [5.41, 5.74) is 1.27. The van der Waals surface area contributed by atoms with Crippen molar-refractivity contribution in [2.45, 2.75) is 44.4 Å². The number of aliphatic hydroxyl groups is 1. The third kappa shape index (κ3) is 3.44. The van der Waals surface area contributed by atoms with E-state index in [2.05, 4.69) is 17.0 Å². The second-order valence-electron chi connectivity index (χ2n) is 6.17. The first kappa shape index (κ1) is 14.5. The van der Waals surface area contributed by atoms with Gasteiger partial charge in [0, 0.05) is 19.6 Å². The lowest BCUT2D eigenvalue weighted by Crippen LogP contribution is -2.48. The normalized spacial score (nSPS) is 24.4. The fourth-order valence-corrected chi connectivity index (χ4v) is 3.41. The minimum absolute atomic E-state index is 0.0282. The molecule has 0 bridgehead atoms. The van der Waals surface area contributed by atoms with Gasteiger partial charge in [-0.3, -0.25) is 9.69 Å². The lowest BCUT2D eigenvalue weighted by molar-refractivity contribution is -0.138. The van der Waals surface area contributed by atoms with E-state index in [-0.39, 0.29) is 18.1 Å². The van der Waals surface area contributed by atoms with Gasteiger partial charge in [0.25, 0.3) is 0 Å². The van der Waals surface area contributed by atoms with Crippen LogP contribution in [0.25, 0.3) is 0 Å². The SMILES string of the molecule is O=C(C1CCCN1Cc1ccccc1)N1CCC(O)CC1. The predicted molar refractivity (Wildman–Crippen MR) is 81.7 cm³/mol. The Kier molecular flexibility index (Phi) is 4.56. The van der Waals surface area contributed by atoms with Crippen LogP contribution in [-0.2, 0) is 11.3 Å². The molecule has 4 nitrogen and oxygen atoms in total. The van der Waals surface area contributed by atoms with Gasteiger partial charge >= 0.3 is 0 Å². The number of carbonyl (C=O) groups is 1. The molecular formula is C17H24N2O2. The number of piperidine rings is 1. The van der Waals surface area contributed by atoms with Crippen LogP contribution in [0.1, 0.15) is 31.2 Å². The summed E-state index contributed by atoms with van der Waals surface area (Å²) in [4.78, 5) is 17.0. The number of carbonyl (C=O) groups excluding carboxylic acids is 1. The van der Waals surface area contributed by atoms with E-state index in [0.717, 1.165) is 38.8 Å². The summed E-state index contributed by atoms with van der Waals surface area (Å²) in [6.45, 7) is 3.26. The molecule has 0 saturated carbocycles. The zero-order valence-corrected chi connectivity index (χ0v) is 12.4. The monoisotopic (exact) mass is 288 g/mol. The predicted octanol–water partition coefficient (Wildman–Crippen LogP) is 1.63. The van der Waals surface area contributed by atoms with Gasteiger partial charge in [-0.1, -0.05) is 30.3 Å². The fourth-order valence-electron chi connectivity index (χ4n) is 3.41. The van der Waals surface area contributed by atoms with E-state index in [4.69, 9.17) is 0 Å². The Morgan fingerprint density at radius 2 is 1.81 bits per heavy atom. The van der Waals surface area contributed by atoms with Gasteiger partial charge in [0.05, 0.1) is 12.1 Å². The Morgan fingerprint density at radius 1 is 1.10 bits per heavy atom. The number of benzene rings is 1.